The fourth-order valence-electron chi connectivity index (χ4n) is 1.24. The van der Waals surface area contributed by atoms with Crippen LogP contribution in [-0.4, -0.2) is 5.33 Å². The molecule has 0 amide bonds. The summed E-state index contributed by atoms with van der Waals surface area (Å²) < 4.78 is 0. The van der Waals surface area contributed by atoms with E-state index < -0.39 is 0 Å². The lowest BCUT2D eigenvalue weighted by molar-refractivity contribution is 0.600. The van der Waals surface area contributed by atoms with Gasteiger partial charge in [-0.1, -0.05) is 52.7 Å². The molecule has 1 aromatic carbocycles. The second kappa shape index (κ2) is 5.43. The van der Waals surface area contributed by atoms with E-state index in [9.17, 15) is 0 Å². The van der Waals surface area contributed by atoms with Crippen LogP contribution >= 0.6 is 15.9 Å². The lowest BCUT2D eigenvalue weighted by atomic mass is 10.0. The van der Waals surface area contributed by atoms with Crippen LogP contribution < -0.4 is 0 Å². The van der Waals surface area contributed by atoms with Crippen LogP contribution in [0.2, 0.25) is 0 Å². The number of rotatable bonds is 4. The Bertz CT molecular complexity index is 238. The van der Waals surface area contributed by atoms with Crippen molar-refractivity contribution in [1.82, 2.24) is 0 Å². The third-order valence-electron chi connectivity index (χ3n) is 2.31. The molecular weight excluding hydrogens is 224 g/mol. The minimum absolute atomic E-state index is 0.779. The molecule has 13 heavy (non-hydrogen) atoms. The van der Waals surface area contributed by atoms with Crippen LogP contribution in [0.4, 0.5) is 0 Å². The summed E-state index contributed by atoms with van der Waals surface area (Å²) in [5, 5.41) is 1.11. The molecule has 0 heterocycles. The second-order valence-corrected chi connectivity index (χ2v) is 4.43. The van der Waals surface area contributed by atoms with Crippen LogP contribution in [-0.2, 0) is 6.42 Å². The highest BCUT2D eigenvalue weighted by molar-refractivity contribution is 9.09. The smallest absolute Gasteiger partial charge is 0.00571 e. The standard InChI is InChI=1S/C12H17Br/c1-10-3-6-12(7-4-10)8-5-11(2)9-13/h3-4,6-7,11H,5,8-9H2,1-2H3. The molecule has 0 radical (unpaired) electrons. The predicted octanol–water partition coefficient (Wildman–Crippen LogP) is 3.96. The average molecular weight is 241 g/mol. The minimum Gasteiger partial charge on any atom is -0.0925 e. The number of hydrogen-bond donors (Lipinski definition) is 0. The van der Waals surface area contributed by atoms with Crippen molar-refractivity contribution in [2.75, 3.05) is 5.33 Å². The van der Waals surface area contributed by atoms with Gasteiger partial charge in [0.2, 0.25) is 0 Å². The van der Waals surface area contributed by atoms with Gasteiger partial charge in [0.1, 0.15) is 0 Å². The normalized spacial score (nSPS) is 12.8. The van der Waals surface area contributed by atoms with Crippen molar-refractivity contribution >= 4 is 15.9 Å². The molecule has 0 N–H and O–H groups in total. The number of halogens is 1. The van der Waals surface area contributed by atoms with Gasteiger partial charge in [0.15, 0.2) is 0 Å². The van der Waals surface area contributed by atoms with E-state index in [4.69, 9.17) is 0 Å². The Hall–Kier alpha value is -0.300. The molecule has 0 saturated heterocycles. The molecular formula is C12H17Br. The molecule has 1 rings (SSSR count). The summed E-state index contributed by atoms with van der Waals surface area (Å²) in [4.78, 5) is 0. The second-order valence-electron chi connectivity index (χ2n) is 3.78. The van der Waals surface area contributed by atoms with Gasteiger partial charge in [0, 0.05) is 5.33 Å². The molecule has 0 aliphatic rings. The van der Waals surface area contributed by atoms with Gasteiger partial charge in [-0.05, 0) is 31.2 Å². The fourth-order valence-corrected chi connectivity index (χ4v) is 1.57. The topological polar surface area (TPSA) is 0 Å². The van der Waals surface area contributed by atoms with Gasteiger partial charge in [-0.3, -0.25) is 0 Å². The van der Waals surface area contributed by atoms with E-state index in [2.05, 4.69) is 54.0 Å². The third kappa shape index (κ3) is 3.95. The fraction of sp³-hybridized carbons (Fsp3) is 0.500. The van der Waals surface area contributed by atoms with Gasteiger partial charge in [-0.2, -0.15) is 0 Å². The lowest BCUT2D eigenvalue weighted by Gasteiger charge is -2.06. The van der Waals surface area contributed by atoms with Gasteiger partial charge in [0.25, 0.3) is 0 Å². The van der Waals surface area contributed by atoms with E-state index in [-0.39, 0.29) is 0 Å². The Labute approximate surface area is 89.5 Å². The summed E-state index contributed by atoms with van der Waals surface area (Å²) in [5.74, 6) is 0.779. The van der Waals surface area contributed by atoms with Gasteiger partial charge in [0.05, 0.1) is 0 Å². The molecule has 0 nitrogen and oxygen atoms in total. The van der Waals surface area contributed by atoms with Crippen LogP contribution in [0, 0.1) is 12.8 Å². The summed E-state index contributed by atoms with van der Waals surface area (Å²) in [5.41, 5.74) is 2.80. The lowest BCUT2D eigenvalue weighted by Crippen LogP contribution is -1.97. The van der Waals surface area contributed by atoms with Gasteiger partial charge < -0.3 is 0 Å². The first kappa shape index (κ1) is 10.8. The van der Waals surface area contributed by atoms with E-state index in [1.807, 2.05) is 0 Å². The number of alkyl halides is 1. The van der Waals surface area contributed by atoms with Crippen LogP contribution in [0.5, 0.6) is 0 Å². The molecule has 0 aliphatic heterocycles. The zero-order chi connectivity index (χ0) is 9.68. The quantitative estimate of drug-likeness (QED) is 0.700. The van der Waals surface area contributed by atoms with Crippen LogP contribution in [0.25, 0.3) is 0 Å². The monoisotopic (exact) mass is 240 g/mol. The Balaban J connectivity index is 2.41. The van der Waals surface area contributed by atoms with Crippen molar-refractivity contribution < 1.29 is 0 Å². The maximum Gasteiger partial charge on any atom is 0.00571 e. The van der Waals surface area contributed by atoms with E-state index in [1.165, 1.54) is 24.0 Å². The van der Waals surface area contributed by atoms with E-state index >= 15 is 0 Å². The molecule has 72 valence electrons. The first-order chi connectivity index (χ1) is 6.22. The third-order valence-corrected chi connectivity index (χ3v) is 3.42. The van der Waals surface area contributed by atoms with Crippen LogP contribution in [0.3, 0.4) is 0 Å². The Morgan fingerprint density at radius 3 is 2.38 bits per heavy atom. The van der Waals surface area contributed by atoms with Crippen molar-refractivity contribution in [2.45, 2.75) is 26.7 Å². The highest BCUT2D eigenvalue weighted by Gasteiger charge is 1.99. The summed E-state index contributed by atoms with van der Waals surface area (Å²) >= 11 is 3.50. The summed E-state index contributed by atoms with van der Waals surface area (Å²) in [6, 6.07) is 8.84. The van der Waals surface area contributed by atoms with E-state index in [1.54, 1.807) is 0 Å². The Morgan fingerprint density at radius 2 is 1.85 bits per heavy atom. The molecule has 1 aromatic rings. The highest BCUT2D eigenvalue weighted by Crippen LogP contribution is 2.12. The zero-order valence-corrected chi connectivity index (χ0v) is 9.97. The van der Waals surface area contributed by atoms with Gasteiger partial charge in [-0.25, -0.2) is 0 Å². The SMILES string of the molecule is Cc1ccc(CCC(C)CBr)cc1. The predicted molar refractivity (Wildman–Crippen MR) is 62.5 cm³/mol. The van der Waals surface area contributed by atoms with Crippen molar-refractivity contribution in [3.63, 3.8) is 0 Å². The highest BCUT2D eigenvalue weighted by atomic mass is 79.9. The molecule has 1 unspecified atom stereocenters. The van der Waals surface area contributed by atoms with E-state index in [0.717, 1.165) is 11.2 Å². The van der Waals surface area contributed by atoms with E-state index in [0.29, 0.717) is 0 Å². The number of hydrogen-bond acceptors (Lipinski definition) is 0. The summed E-state index contributed by atoms with van der Waals surface area (Å²) in [6.07, 6.45) is 2.47. The maximum atomic E-state index is 3.50. The molecule has 0 aromatic heterocycles. The van der Waals surface area contributed by atoms with Crippen LogP contribution in [0.1, 0.15) is 24.5 Å². The van der Waals surface area contributed by atoms with Crippen LogP contribution in [0.15, 0.2) is 24.3 Å². The summed E-state index contributed by atoms with van der Waals surface area (Å²) in [6.45, 7) is 4.41. The van der Waals surface area contributed by atoms with Gasteiger partial charge in [-0.15, -0.1) is 0 Å². The molecule has 0 fully saturated rings. The van der Waals surface area contributed by atoms with Crippen molar-refractivity contribution in [1.29, 1.82) is 0 Å². The van der Waals surface area contributed by atoms with Crippen molar-refractivity contribution in [2.24, 2.45) is 5.92 Å². The largest absolute Gasteiger partial charge is 0.0925 e. The Morgan fingerprint density at radius 1 is 1.23 bits per heavy atom. The molecule has 1 heteroatoms. The molecule has 0 spiro atoms. The van der Waals surface area contributed by atoms with Gasteiger partial charge >= 0.3 is 0 Å². The zero-order valence-electron chi connectivity index (χ0n) is 8.39. The first-order valence-corrected chi connectivity index (χ1v) is 5.96. The maximum absolute atomic E-state index is 3.50. The minimum atomic E-state index is 0.779. The first-order valence-electron chi connectivity index (χ1n) is 4.84. The average Bonchev–Trinajstić information content (AvgIpc) is 2.16. The number of aryl methyl sites for hydroxylation is 2. The molecule has 0 aliphatic carbocycles. The van der Waals surface area contributed by atoms with Crippen molar-refractivity contribution in [3.05, 3.63) is 35.4 Å². The molecule has 0 bridgehead atoms. The summed E-state index contributed by atoms with van der Waals surface area (Å²) in [7, 11) is 0. The molecule has 0 saturated carbocycles. The molecule has 1 atom stereocenters. The number of benzene rings is 1. The Kier molecular flexibility index (Phi) is 4.51. The van der Waals surface area contributed by atoms with Crippen molar-refractivity contribution in [3.8, 4) is 0 Å².